The van der Waals surface area contributed by atoms with E-state index in [1.165, 1.54) is 12.1 Å². The Hall–Kier alpha value is -3.13. The molecule has 0 unspecified atom stereocenters. The molecule has 22 heavy (non-hydrogen) atoms. The number of allylic oxidation sites excluding steroid dienone is 1. The second-order valence-corrected chi connectivity index (χ2v) is 4.44. The first-order valence-electron chi connectivity index (χ1n) is 6.74. The van der Waals surface area contributed by atoms with Crippen molar-refractivity contribution in [2.45, 2.75) is 6.92 Å². The maximum absolute atomic E-state index is 10.7. The summed E-state index contributed by atoms with van der Waals surface area (Å²) in [5.74, 6) is 0.694. The van der Waals surface area contributed by atoms with Gasteiger partial charge in [0, 0.05) is 17.7 Å². The molecule has 0 fully saturated rings. The Morgan fingerprint density at radius 3 is 2.55 bits per heavy atom. The molecule has 110 valence electrons. The summed E-state index contributed by atoms with van der Waals surface area (Å²) in [7, 11) is 0. The maximum atomic E-state index is 10.7. The molecule has 0 N–H and O–H groups in total. The van der Waals surface area contributed by atoms with Crippen LogP contribution in [-0.4, -0.2) is 11.5 Å². The lowest BCUT2D eigenvalue weighted by Gasteiger charge is -2.07. The number of benzene rings is 2. The molecule has 0 aliphatic rings. The highest BCUT2D eigenvalue weighted by Gasteiger charge is 2.08. The van der Waals surface area contributed by atoms with E-state index >= 15 is 0 Å². The van der Waals surface area contributed by atoms with Gasteiger partial charge >= 0.3 is 0 Å². The number of hydrogen-bond acceptors (Lipinski definition) is 4. The Bertz CT molecular complexity index is 743. The lowest BCUT2D eigenvalue weighted by molar-refractivity contribution is -0.384. The van der Waals surface area contributed by atoms with Crippen molar-refractivity contribution in [2.75, 3.05) is 6.61 Å². The van der Waals surface area contributed by atoms with Gasteiger partial charge in [0.05, 0.1) is 23.2 Å². The van der Waals surface area contributed by atoms with Gasteiger partial charge in [-0.2, -0.15) is 5.26 Å². The first-order chi connectivity index (χ1) is 10.7. The van der Waals surface area contributed by atoms with Crippen LogP contribution in [0, 0.1) is 21.4 Å². The van der Waals surface area contributed by atoms with Crippen molar-refractivity contribution in [1.29, 1.82) is 5.26 Å². The molecular weight excluding hydrogens is 280 g/mol. The van der Waals surface area contributed by atoms with E-state index in [4.69, 9.17) is 4.74 Å². The first kappa shape index (κ1) is 15.3. The quantitative estimate of drug-likeness (QED) is 0.360. The van der Waals surface area contributed by atoms with Crippen molar-refractivity contribution in [3.63, 3.8) is 0 Å². The van der Waals surface area contributed by atoms with E-state index in [9.17, 15) is 15.4 Å². The molecule has 5 heteroatoms. The number of nitro groups is 1. The van der Waals surface area contributed by atoms with E-state index in [1.807, 2.05) is 31.2 Å². The van der Waals surface area contributed by atoms with Crippen LogP contribution < -0.4 is 4.74 Å². The van der Waals surface area contributed by atoms with Crippen molar-refractivity contribution in [3.05, 3.63) is 69.8 Å². The Morgan fingerprint density at radius 2 is 1.95 bits per heavy atom. The number of nitro benzene ring substituents is 1. The standard InChI is InChI=1S/C17H14N2O3/c1-2-22-17-6-4-3-5-14(17)11-15(12-18)13-7-9-16(10-8-13)19(20)21/h3-11H,2H2,1H3. The van der Waals surface area contributed by atoms with Crippen LogP contribution >= 0.6 is 0 Å². The van der Waals surface area contributed by atoms with E-state index in [1.54, 1.807) is 18.2 Å². The SMILES string of the molecule is CCOc1ccccc1C=C(C#N)c1ccc([N+](=O)[O-])cc1. The number of para-hydroxylation sites is 1. The van der Waals surface area contributed by atoms with Crippen LogP contribution in [0.4, 0.5) is 5.69 Å². The van der Waals surface area contributed by atoms with Gasteiger partial charge in [0.1, 0.15) is 5.75 Å². The first-order valence-corrected chi connectivity index (χ1v) is 6.74. The molecule has 0 amide bonds. The van der Waals surface area contributed by atoms with Crippen LogP contribution in [0.15, 0.2) is 48.5 Å². The van der Waals surface area contributed by atoms with Crippen molar-refractivity contribution in [2.24, 2.45) is 0 Å². The van der Waals surface area contributed by atoms with Gasteiger partial charge in [0.25, 0.3) is 5.69 Å². The van der Waals surface area contributed by atoms with Crippen LogP contribution in [-0.2, 0) is 0 Å². The number of nitriles is 1. The molecule has 0 spiro atoms. The van der Waals surface area contributed by atoms with E-state index in [0.29, 0.717) is 23.5 Å². The summed E-state index contributed by atoms with van der Waals surface area (Å²) in [5.41, 5.74) is 1.83. The van der Waals surface area contributed by atoms with Crippen LogP contribution in [0.3, 0.4) is 0 Å². The summed E-state index contributed by atoms with van der Waals surface area (Å²) in [6.07, 6.45) is 1.71. The van der Waals surface area contributed by atoms with Gasteiger partial charge < -0.3 is 4.74 Å². The summed E-state index contributed by atoms with van der Waals surface area (Å²) in [4.78, 5) is 10.2. The van der Waals surface area contributed by atoms with Gasteiger partial charge in [-0.1, -0.05) is 18.2 Å². The van der Waals surface area contributed by atoms with E-state index < -0.39 is 4.92 Å². The smallest absolute Gasteiger partial charge is 0.269 e. The molecule has 5 nitrogen and oxygen atoms in total. The third-order valence-corrected chi connectivity index (χ3v) is 3.03. The summed E-state index contributed by atoms with van der Waals surface area (Å²) in [5, 5.41) is 20.0. The molecule has 0 atom stereocenters. The van der Waals surface area contributed by atoms with Gasteiger partial charge in [-0.25, -0.2) is 0 Å². The fraction of sp³-hybridized carbons (Fsp3) is 0.118. The van der Waals surface area contributed by atoms with Crippen LogP contribution in [0.5, 0.6) is 5.75 Å². The molecule has 0 bridgehead atoms. The summed E-state index contributed by atoms with van der Waals surface area (Å²) < 4.78 is 5.53. The average Bonchev–Trinajstić information content (AvgIpc) is 2.54. The summed E-state index contributed by atoms with van der Waals surface area (Å²) in [6, 6.07) is 15.4. The Balaban J connectivity index is 2.40. The van der Waals surface area contributed by atoms with Crippen LogP contribution in [0.25, 0.3) is 11.6 Å². The van der Waals surface area contributed by atoms with E-state index in [2.05, 4.69) is 6.07 Å². The molecule has 0 aliphatic heterocycles. The highest BCUT2D eigenvalue weighted by Crippen LogP contribution is 2.25. The Labute approximate surface area is 128 Å². The number of rotatable bonds is 5. The lowest BCUT2D eigenvalue weighted by atomic mass is 10.0. The number of non-ortho nitro benzene ring substituents is 1. The van der Waals surface area contributed by atoms with Crippen molar-refractivity contribution < 1.29 is 9.66 Å². The molecule has 2 aromatic carbocycles. The minimum atomic E-state index is -0.468. The van der Waals surface area contributed by atoms with Gasteiger partial charge in [-0.15, -0.1) is 0 Å². The summed E-state index contributed by atoms with van der Waals surface area (Å²) >= 11 is 0. The average molecular weight is 294 g/mol. The molecule has 0 saturated heterocycles. The second kappa shape index (κ2) is 7.04. The minimum Gasteiger partial charge on any atom is -0.493 e. The molecule has 0 heterocycles. The molecular formula is C17H14N2O3. The fourth-order valence-electron chi connectivity index (χ4n) is 1.99. The van der Waals surface area contributed by atoms with Gasteiger partial charge in [-0.3, -0.25) is 10.1 Å². The van der Waals surface area contributed by atoms with Gasteiger partial charge in [-0.05, 0) is 36.8 Å². The maximum Gasteiger partial charge on any atom is 0.269 e. The van der Waals surface area contributed by atoms with Crippen LogP contribution in [0.1, 0.15) is 18.1 Å². The third-order valence-electron chi connectivity index (χ3n) is 3.03. The lowest BCUT2D eigenvalue weighted by Crippen LogP contribution is -1.94. The van der Waals surface area contributed by atoms with Gasteiger partial charge in [0.2, 0.25) is 0 Å². The van der Waals surface area contributed by atoms with Crippen LogP contribution in [0.2, 0.25) is 0 Å². The predicted molar refractivity (Wildman–Crippen MR) is 84.2 cm³/mol. The van der Waals surface area contributed by atoms with Crippen molar-refractivity contribution in [1.82, 2.24) is 0 Å². The minimum absolute atomic E-state index is 0.00393. The highest BCUT2D eigenvalue weighted by atomic mass is 16.6. The zero-order valence-electron chi connectivity index (χ0n) is 12.0. The fourth-order valence-corrected chi connectivity index (χ4v) is 1.99. The topological polar surface area (TPSA) is 76.2 Å². The molecule has 2 rings (SSSR count). The largest absolute Gasteiger partial charge is 0.493 e. The van der Waals surface area contributed by atoms with Crippen molar-refractivity contribution in [3.8, 4) is 11.8 Å². The second-order valence-electron chi connectivity index (χ2n) is 4.44. The Kier molecular flexibility index (Phi) is 4.89. The number of ether oxygens (including phenoxy) is 1. The molecule has 0 radical (unpaired) electrons. The molecule has 2 aromatic rings. The zero-order valence-corrected chi connectivity index (χ0v) is 12.0. The molecule has 0 aliphatic carbocycles. The van der Waals surface area contributed by atoms with E-state index in [-0.39, 0.29) is 5.69 Å². The normalized spacial score (nSPS) is 10.8. The predicted octanol–water partition coefficient (Wildman–Crippen LogP) is 4.06. The zero-order chi connectivity index (χ0) is 15.9. The number of hydrogen-bond donors (Lipinski definition) is 0. The highest BCUT2D eigenvalue weighted by molar-refractivity contribution is 5.90. The molecule has 0 saturated carbocycles. The Morgan fingerprint density at radius 1 is 1.27 bits per heavy atom. The summed E-state index contributed by atoms with van der Waals surface area (Å²) in [6.45, 7) is 2.42. The van der Waals surface area contributed by atoms with Gasteiger partial charge in [0.15, 0.2) is 0 Å². The van der Waals surface area contributed by atoms with Crippen molar-refractivity contribution >= 4 is 17.3 Å². The monoisotopic (exact) mass is 294 g/mol. The van der Waals surface area contributed by atoms with E-state index in [0.717, 1.165) is 5.56 Å². The molecule has 0 aromatic heterocycles. The third kappa shape index (κ3) is 3.49. The number of nitrogens with zero attached hydrogens (tertiary/aromatic N) is 2.